The van der Waals surface area contributed by atoms with Gasteiger partial charge in [-0.2, -0.15) is 0 Å². The molecule has 0 unspecified atom stereocenters. The summed E-state index contributed by atoms with van der Waals surface area (Å²) in [6, 6.07) is 12.7. The Balaban J connectivity index is 1.85. The van der Waals surface area contributed by atoms with Crippen LogP contribution in [0.4, 0.5) is 5.69 Å². The number of rotatable bonds is 10. The predicted octanol–water partition coefficient (Wildman–Crippen LogP) is 8.28. The topological polar surface area (TPSA) is 54.0 Å². The van der Waals surface area contributed by atoms with Gasteiger partial charge in [0.25, 0.3) is 5.91 Å². The summed E-state index contributed by atoms with van der Waals surface area (Å²) in [4.78, 5) is 18.4. The fraction of sp³-hybridized carbons (Fsp3) is 0.629. The van der Waals surface area contributed by atoms with Gasteiger partial charge in [-0.25, -0.2) is 0 Å². The van der Waals surface area contributed by atoms with Gasteiger partial charge in [-0.05, 0) is 91.5 Å². The molecule has 3 rings (SSSR count). The second kappa shape index (κ2) is 13.6. The van der Waals surface area contributed by atoms with Gasteiger partial charge in [0.2, 0.25) is 0 Å². The molecule has 1 aliphatic rings. The quantitative estimate of drug-likeness (QED) is 0.269. The fourth-order valence-electron chi connectivity index (χ4n) is 4.64. The molecule has 1 fully saturated rings. The summed E-state index contributed by atoms with van der Waals surface area (Å²) in [5.41, 5.74) is 6.18. The number of hydrogen-bond acceptors (Lipinski definition) is 5. The number of nitrogens with one attached hydrogen (secondary N) is 1. The molecule has 43 heavy (non-hydrogen) atoms. The van der Waals surface area contributed by atoms with Crippen molar-refractivity contribution in [2.75, 3.05) is 38.1 Å². The Morgan fingerprint density at radius 3 is 1.79 bits per heavy atom. The van der Waals surface area contributed by atoms with E-state index in [0.29, 0.717) is 13.2 Å². The summed E-state index contributed by atoms with van der Waals surface area (Å²) < 4.78 is 13.2. The molecule has 0 aliphatic carbocycles. The lowest BCUT2D eigenvalue weighted by atomic mass is 10.0. The molecule has 0 aromatic heterocycles. The van der Waals surface area contributed by atoms with Crippen molar-refractivity contribution >= 4 is 28.2 Å². The standard InChI is InChI=1S/C35H59N3O3Si2/c1-26-14-15-31(38-18-16-37(9)17-19-38)23-32(26)33(39)36-27(2)30-21-28(24-40-42(10,11)34(3,4)5)20-29(22-30)25-41-43(12,13)35(6,7)8/h14-15,20-23,27H,16-19,24-25H2,1-13H3,(H,36,39)/t27-/m1/s1. The predicted molar refractivity (Wildman–Crippen MR) is 187 cm³/mol. The van der Waals surface area contributed by atoms with Gasteiger partial charge < -0.3 is 24.0 Å². The van der Waals surface area contributed by atoms with Crippen molar-refractivity contribution in [3.05, 3.63) is 64.2 Å². The molecule has 1 aliphatic heterocycles. The first-order chi connectivity index (χ1) is 19.7. The summed E-state index contributed by atoms with van der Waals surface area (Å²) in [6.45, 7) is 32.0. The van der Waals surface area contributed by atoms with E-state index in [4.69, 9.17) is 8.85 Å². The highest BCUT2D eigenvalue weighted by Crippen LogP contribution is 2.38. The molecular weight excluding hydrogens is 567 g/mol. The maximum Gasteiger partial charge on any atom is 0.252 e. The Morgan fingerprint density at radius 2 is 1.33 bits per heavy atom. The maximum absolute atomic E-state index is 13.7. The molecular formula is C35H59N3O3Si2. The molecule has 0 spiro atoms. The SMILES string of the molecule is Cc1ccc(N2CCN(C)CC2)cc1C(=O)N[C@H](C)c1cc(CO[Si](C)(C)C(C)(C)C)cc(CO[Si](C)(C)C(C)(C)C)c1. The lowest BCUT2D eigenvalue weighted by Gasteiger charge is -2.36. The number of anilines is 1. The Bertz CT molecular complexity index is 1210. The zero-order chi connectivity index (χ0) is 32.4. The molecule has 1 heterocycles. The van der Waals surface area contributed by atoms with Crippen molar-refractivity contribution in [3.63, 3.8) is 0 Å². The molecule has 2 aromatic carbocycles. The number of nitrogens with zero attached hydrogens (tertiary/aromatic N) is 2. The first kappa shape index (κ1) is 35.5. The van der Waals surface area contributed by atoms with Gasteiger partial charge >= 0.3 is 0 Å². The second-order valence-corrected chi connectivity index (χ2v) is 25.3. The first-order valence-electron chi connectivity index (χ1n) is 16.0. The molecule has 6 nitrogen and oxygen atoms in total. The number of hydrogen-bond donors (Lipinski definition) is 1. The number of benzene rings is 2. The summed E-state index contributed by atoms with van der Waals surface area (Å²) in [6.07, 6.45) is 0. The number of piperazine rings is 1. The molecule has 1 saturated heterocycles. The Morgan fingerprint density at radius 1 is 0.837 bits per heavy atom. The van der Waals surface area contributed by atoms with E-state index in [1.54, 1.807) is 0 Å². The average molecular weight is 626 g/mol. The summed E-state index contributed by atoms with van der Waals surface area (Å²) >= 11 is 0. The van der Waals surface area contributed by atoms with Crippen LogP contribution < -0.4 is 10.2 Å². The lowest BCUT2D eigenvalue weighted by molar-refractivity contribution is 0.0939. The van der Waals surface area contributed by atoms with E-state index in [0.717, 1.165) is 59.7 Å². The maximum atomic E-state index is 13.7. The van der Waals surface area contributed by atoms with Gasteiger partial charge in [-0.1, -0.05) is 65.8 Å². The van der Waals surface area contributed by atoms with Crippen molar-refractivity contribution in [2.45, 2.75) is 111 Å². The molecule has 1 atom stereocenters. The number of carbonyl (C=O) groups excluding carboxylic acids is 1. The zero-order valence-electron chi connectivity index (χ0n) is 29.4. The van der Waals surface area contributed by atoms with Gasteiger partial charge in [0, 0.05) is 37.4 Å². The van der Waals surface area contributed by atoms with Gasteiger partial charge in [-0.15, -0.1) is 0 Å². The molecule has 2 aromatic rings. The molecule has 0 radical (unpaired) electrons. The van der Waals surface area contributed by atoms with Crippen LogP contribution in [0.1, 0.15) is 87.1 Å². The molecule has 8 heteroatoms. The van der Waals surface area contributed by atoms with E-state index in [1.807, 2.05) is 6.92 Å². The third kappa shape index (κ3) is 9.27. The number of likely N-dealkylation sites (N-methyl/N-ethyl adjacent to an activating group) is 1. The van der Waals surface area contributed by atoms with Gasteiger partial charge in [0.15, 0.2) is 16.6 Å². The zero-order valence-corrected chi connectivity index (χ0v) is 31.4. The third-order valence-electron chi connectivity index (χ3n) is 10.1. The minimum absolute atomic E-state index is 0.0389. The fourth-order valence-corrected chi connectivity index (χ4v) is 6.56. The molecule has 1 amide bonds. The van der Waals surface area contributed by atoms with Crippen LogP contribution in [-0.2, 0) is 22.1 Å². The monoisotopic (exact) mass is 625 g/mol. The Hall–Kier alpha value is -1.98. The van der Waals surface area contributed by atoms with Crippen molar-refractivity contribution in [1.82, 2.24) is 10.2 Å². The van der Waals surface area contributed by atoms with Crippen LogP contribution in [0.15, 0.2) is 36.4 Å². The van der Waals surface area contributed by atoms with Crippen molar-refractivity contribution in [1.29, 1.82) is 0 Å². The normalized spacial score (nSPS) is 16.3. The number of amides is 1. The highest BCUT2D eigenvalue weighted by atomic mass is 28.4. The van der Waals surface area contributed by atoms with Gasteiger partial charge in [0.05, 0.1) is 19.3 Å². The molecule has 240 valence electrons. The average Bonchev–Trinajstić information content (AvgIpc) is 2.90. The lowest BCUT2D eigenvalue weighted by Crippen LogP contribution is -2.44. The van der Waals surface area contributed by atoms with Gasteiger partial charge in [0.1, 0.15) is 0 Å². The number of carbonyl (C=O) groups is 1. The Kier molecular flexibility index (Phi) is 11.2. The van der Waals surface area contributed by atoms with E-state index in [1.165, 1.54) is 0 Å². The molecule has 0 saturated carbocycles. The summed E-state index contributed by atoms with van der Waals surface area (Å²) in [7, 11) is -1.69. The third-order valence-corrected chi connectivity index (χ3v) is 19.0. The molecule has 1 N–H and O–H groups in total. The van der Waals surface area contributed by atoms with Gasteiger partial charge in [-0.3, -0.25) is 4.79 Å². The summed E-state index contributed by atoms with van der Waals surface area (Å²) in [5.74, 6) is -0.0389. The largest absolute Gasteiger partial charge is 0.413 e. The van der Waals surface area contributed by atoms with E-state index in [-0.39, 0.29) is 22.0 Å². The van der Waals surface area contributed by atoms with E-state index >= 15 is 0 Å². The van der Waals surface area contributed by atoms with E-state index < -0.39 is 16.6 Å². The van der Waals surface area contributed by atoms with Crippen LogP contribution in [0.5, 0.6) is 0 Å². The minimum atomic E-state index is -1.92. The van der Waals surface area contributed by atoms with Crippen LogP contribution in [0.25, 0.3) is 0 Å². The van der Waals surface area contributed by atoms with Crippen molar-refractivity contribution in [3.8, 4) is 0 Å². The highest BCUT2D eigenvalue weighted by Gasteiger charge is 2.38. The van der Waals surface area contributed by atoms with Crippen LogP contribution in [0.2, 0.25) is 36.3 Å². The van der Waals surface area contributed by atoms with Crippen LogP contribution >= 0.6 is 0 Å². The Labute approximate surface area is 264 Å². The first-order valence-corrected chi connectivity index (χ1v) is 21.8. The smallest absolute Gasteiger partial charge is 0.252 e. The summed E-state index contributed by atoms with van der Waals surface area (Å²) in [5, 5.41) is 3.58. The minimum Gasteiger partial charge on any atom is -0.413 e. The molecule has 0 bridgehead atoms. The van der Waals surface area contributed by atoms with Crippen LogP contribution in [0, 0.1) is 6.92 Å². The van der Waals surface area contributed by atoms with Crippen molar-refractivity contribution in [2.24, 2.45) is 0 Å². The number of aryl methyl sites for hydroxylation is 1. The van der Waals surface area contributed by atoms with Crippen molar-refractivity contribution < 1.29 is 13.6 Å². The van der Waals surface area contributed by atoms with Crippen LogP contribution in [-0.4, -0.2) is 60.7 Å². The van der Waals surface area contributed by atoms with Crippen LogP contribution in [0.3, 0.4) is 0 Å². The van der Waals surface area contributed by atoms with E-state index in [2.05, 4.69) is 133 Å². The second-order valence-electron chi connectivity index (χ2n) is 15.7. The van der Waals surface area contributed by atoms with E-state index in [9.17, 15) is 4.79 Å². The highest BCUT2D eigenvalue weighted by molar-refractivity contribution is 6.74.